The molecule has 0 N–H and O–H groups in total. The molecule has 4 rings (SSSR count). The van der Waals surface area contributed by atoms with E-state index in [1.807, 2.05) is 13.0 Å². The number of nitrogens with zero attached hydrogens (tertiary/aromatic N) is 3. The Kier molecular flexibility index (Phi) is 6.13. The first kappa shape index (κ1) is 20.5. The molecule has 2 heterocycles. The van der Waals surface area contributed by atoms with Gasteiger partial charge >= 0.3 is 0 Å². The molecule has 30 heavy (non-hydrogen) atoms. The van der Waals surface area contributed by atoms with Gasteiger partial charge in [-0.2, -0.15) is 4.98 Å². The van der Waals surface area contributed by atoms with Gasteiger partial charge in [-0.1, -0.05) is 12.1 Å². The molecule has 6 heteroatoms. The van der Waals surface area contributed by atoms with E-state index in [2.05, 4.69) is 34.1 Å². The molecule has 0 spiro atoms. The topological polar surface area (TPSA) is 51.4 Å². The quantitative estimate of drug-likeness (QED) is 0.528. The second kappa shape index (κ2) is 8.96. The summed E-state index contributed by atoms with van der Waals surface area (Å²) in [5, 5.41) is 4.12. The second-order valence-electron chi connectivity index (χ2n) is 7.90. The lowest BCUT2D eigenvalue weighted by molar-refractivity contribution is 0.185. The summed E-state index contributed by atoms with van der Waals surface area (Å²) in [5.41, 5.74) is 4.56. The highest BCUT2D eigenvalue weighted by Crippen LogP contribution is 2.32. The molecule has 0 saturated carbocycles. The molecule has 0 radical (unpaired) electrons. The van der Waals surface area contributed by atoms with Crippen LogP contribution >= 0.6 is 0 Å². The summed E-state index contributed by atoms with van der Waals surface area (Å²) < 4.78 is 24.8. The van der Waals surface area contributed by atoms with E-state index in [4.69, 9.17) is 9.26 Å². The fraction of sp³-hybridized carbons (Fsp3) is 0.417. The third-order valence-corrected chi connectivity index (χ3v) is 5.85. The molecular weight excluding hydrogens is 381 g/mol. The maximum atomic E-state index is 13.8. The van der Waals surface area contributed by atoms with E-state index in [0.29, 0.717) is 36.3 Å². The zero-order chi connectivity index (χ0) is 21.1. The summed E-state index contributed by atoms with van der Waals surface area (Å²) in [6, 6.07) is 11.6. The molecule has 1 atom stereocenters. The molecule has 1 aliphatic heterocycles. The average molecular weight is 410 g/mol. The van der Waals surface area contributed by atoms with E-state index in [1.54, 1.807) is 19.2 Å². The van der Waals surface area contributed by atoms with E-state index in [9.17, 15) is 4.39 Å². The summed E-state index contributed by atoms with van der Waals surface area (Å²) in [6.07, 6.45) is 4.31. The minimum absolute atomic E-state index is 0.211. The minimum Gasteiger partial charge on any atom is -0.380 e. The average Bonchev–Trinajstić information content (AvgIpc) is 3.25. The zero-order valence-corrected chi connectivity index (χ0v) is 17.8. The van der Waals surface area contributed by atoms with Crippen LogP contribution in [0.4, 0.5) is 10.1 Å². The van der Waals surface area contributed by atoms with Crippen LogP contribution in [0.15, 0.2) is 40.9 Å². The standard InChI is InChI=1S/C24H28FN3O2/c1-4-17-13-18(8-10-21(17)25)23-26-24(30-27-23)19-9-11-22(20(14-19)15-29-3)28-12-6-5-7-16(28)2/h8-11,13-14,16H,4-7,12,15H2,1-3H3. The van der Waals surface area contributed by atoms with Crippen LogP contribution in [0.5, 0.6) is 0 Å². The smallest absolute Gasteiger partial charge is 0.258 e. The fourth-order valence-corrected chi connectivity index (χ4v) is 4.17. The Labute approximate surface area is 176 Å². The first-order chi connectivity index (χ1) is 14.6. The highest BCUT2D eigenvalue weighted by molar-refractivity contribution is 5.66. The number of piperidine rings is 1. The van der Waals surface area contributed by atoms with Crippen molar-refractivity contribution in [2.75, 3.05) is 18.6 Å². The number of aromatic nitrogens is 2. The largest absolute Gasteiger partial charge is 0.380 e. The van der Waals surface area contributed by atoms with Crippen LogP contribution in [-0.2, 0) is 17.8 Å². The Balaban J connectivity index is 1.65. The van der Waals surface area contributed by atoms with Crippen LogP contribution in [0.3, 0.4) is 0 Å². The third-order valence-electron chi connectivity index (χ3n) is 5.85. The van der Waals surface area contributed by atoms with Gasteiger partial charge < -0.3 is 14.2 Å². The van der Waals surface area contributed by atoms with Crippen molar-refractivity contribution in [2.24, 2.45) is 0 Å². The van der Waals surface area contributed by atoms with Gasteiger partial charge in [0.05, 0.1) is 6.61 Å². The number of ether oxygens (including phenoxy) is 1. The fourth-order valence-electron chi connectivity index (χ4n) is 4.17. The van der Waals surface area contributed by atoms with Crippen LogP contribution in [0.25, 0.3) is 22.8 Å². The van der Waals surface area contributed by atoms with Gasteiger partial charge in [0.1, 0.15) is 5.82 Å². The Morgan fingerprint density at radius 2 is 1.93 bits per heavy atom. The summed E-state index contributed by atoms with van der Waals surface area (Å²) in [5.74, 6) is 0.696. The van der Waals surface area contributed by atoms with E-state index in [0.717, 1.165) is 23.2 Å². The molecule has 1 aliphatic rings. The van der Waals surface area contributed by atoms with Crippen molar-refractivity contribution in [3.05, 3.63) is 53.3 Å². The highest BCUT2D eigenvalue weighted by Gasteiger charge is 2.22. The van der Waals surface area contributed by atoms with E-state index in [-0.39, 0.29) is 5.82 Å². The molecule has 1 saturated heterocycles. The molecule has 0 aliphatic carbocycles. The molecule has 5 nitrogen and oxygen atoms in total. The van der Waals surface area contributed by atoms with Gasteiger partial charge in [0.2, 0.25) is 5.82 Å². The van der Waals surface area contributed by atoms with Gasteiger partial charge in [0, 0.05) is 42.1 Å². The molecule has 0 bridgehead atoms. The number of anilines is 1. The van der Waals surface area contributed by atoms with Crippen LogP contribution in [0, 0.1) is 5.82 Å². The number of hydrogen-bond donors (Lipinski definition) is 0. The number of aryl methyl sites for hydroxylation is 1. The molecular formula is C24H28FN3O2. The van der Waals surface area contributed by atoms with Crippen molar-refractivity contribution in [1.82, 2.24) is 10.1 Å². The molecule has 3 aromatic rings. The predicted molar refractivity (Wildman–Crippen MR) is 116 cm³/mol. The number of methoxy groups -OCH3 is 1. The third kappa shape index (κ3) is 4.10. The first-order valence-corrected chi connectivity index (χ1v) is 10.6. The van der Waals surface area contributed by atoms with Gasteiger partial charge in [0.25, 0.3) is 5.89 Å². The van der Waals surface area contributed by atoms with Gasteiger partial charge in [-0.25, -0.2) is 4.39 Å². The number of rotatable bonds is 6. The monoisotopic (exact) mass is 409 g/mol. The van der Waals surface area contributed by atoms with Crippen molar-refractivity contribution in [3.8, 4) is 22.8 Å². The van der Waals surface area contributed by atoms with Crippen molar-refractivity contribution >= 4 is 5.69 Å². The number of halogens is 1. The second-order valence-corrected chi connectivity index (χ2v) is 7.90. The molecule has 1 fully saturated rings. The van der Waals surface area contributed by atoms with Crippen LogP contribution in [0.2, 0.25) is 0 Å². The Hall–Kier alpha value is -2.73. The van der Waals surface area contributed by atoms with Gasteiger partial charge in [-0.3, -0.25) is 0 Å². The Bertz CT molecular complexity index is 1020. The zero-order valence-electron chi connectivity index (χ0n) is 17.8. The molecule has 1 unspecified atom stereocenters. The van der Waals surface area contributed by atoms with Crippen molar-refractivity contribution in [1.29, 1.82) is 0 Å². The normalized spacial score (nSPS) is 16.8. The summed E-state index contributed by atoms with van der Waals surface area (Å²) in [4.78, 5) is 7.02. The van der Waals surface area contributed by atoms with Gasteiger partial charge in [-0.05, 0) is 74.6 Å². The maximum Gasteiger partial charge on any atom is 0.258 e. The van der Waals surface area contributed by atoms with Gasteiger partial charge in [-0.15, -0.1) is 0 Å². The van der Waals surface area contributed by atoms with Crippen LogP contribution in [0.1, 0.15) is 44.2 Å². The Morgan fingerprint density at radius 3 is 2.70 bits per heavy atom. The van der Waals surface area contributed by atoms with Crippen LogP contribution < -0.4 is 4.90 Å². The summed E-state index contributed by atoms with van der Waals surface area (Å²) in [6.45, 7) is 5.78. The SMILES string of the molecule is CCc1cc(-c2noc(-c3ccc(N4CCCCC4C)c(COC)c3)n2)ccc1F. The molecule has 1 aromatic heterocycles. The molecule has 0 amide bonds. The Morgan fingerprint density at radius 1 is 1.13 bits per heavy atom. The van der Waals surface area contributed by atoms with Crippen molar-refractivity contribution in [2.45, 2.75) is 52.2 Å². The van der Waals surface area contributed by atoms with Crippen LogP contribution in [-0.4, -0.2) is 29.8 Å². The van der Waals surface area contributed by atoms with Gasteiger partial charge in [0.15, 0.2) is 0 Å². The lowest BCUT2D eigenvalue weighted by atomic mass is 10.00. The lowest BCUT2D eigenvalue weighted by Crippen LogP contribution is -2.38. The highest BCUT2D eigenvalue weighted by atomic mass is 19.1. The van der Waals surface area contributed by atoms with E-state index >= 15 is 0 Å². The van der Waals surface area contributed by atoms with E-state index < -0.39 is 0 Å². The summed E-state index contributed by atoms with van der Waals surface area (Å²) in [7, 11) is 1.71. The molecule has 2 aromatic carbocycles. The summed E-state index contributed by atoms with van der Waals surface area (Å²) >= 11 is 0. The van der Waals surface area contributed by atoms with Crippen molar-refractivity contribution in [3.63, 3.8) is 0 Å². The number of hydrogen-bond acceptors (Lipinski definition) is 5. The first-order valence-electron chi connectivity index (χ1n) is 10.6. The predicted octanol–water partition coefficient (Wildman–Crippen LogP) is 5.63. The number of benzene rings is 2. The maximum absolute atomic E-state index is 13.8. The lowest BCUT2D eigenvalue weighted by Gasteiger charge is -2.36. The minimum atomic E-state index is -0.211. The molecule has 158 valence electrons. The van der Waals surface area contributed by atoms with E-state index in [1.165, 1.54) is 31.0 Å². The van der Waals surface area contributed by atoms with Crippen molar-refractivity contribution < 1.29 is 13.7 Å².